The van der Waals surface area contributed by atoms with Gasteiger partial charge in [0.1, 0.15) is 18.2 Å². The van der Waals surface area contributed by atoms with Crippen LogP contribution in [-0.4, -0.2) is 27.6 Å². The first-order valence-corrected chi connectivity index (χ1v) is 12.0. The summed E-state index contributed by atoms with van der Waals surface area (Å²) >= 11 is 0. The number of para-hydroxylation sites is 1. The van der Waals surface area contributed by atoms with Gasteiger partial charge >= 0.3 is 0 Å². The Balaban J connectivity index is 1.16. The van der Waals surface area contributed by atoms with Crippen molar-refractivity contribution in [2.75, 3.05) is 11.9 Å². The monoisotopic (exact) mass is 475 g/mol. The van der Waals surface area contributed by atoms with Crippen LogP contribution in [0.2, 0.25) is 0 Å². The molecule has 5 aromatic rings. The third kappa shape index (κ3) is 6.17. The van der Waals surface area contributed by atoms with Crippen LogP contribution in [0, 0.1) is 0 Å². The van der Waals surface area contributed by atoms with E-state index in [2.05, 4.69) is 44.5 Å². The molecule has 0 aliphatic heterocycles. The van der Waals surface area contributed by atoms with E-state index in [1.54, 1.807) is 12.4 Å². The molecular weight excluding hydrogens is 446 g/mol. The van der Waals surface area contributed by atoms with Crippen LogP contribution in [0.5, 0.6) is 5.75 Å². The molecule has 0 aliphatic carbocycles. The van der Waals surface area contributed by atoms with Crippen molar-refractivity contribution >= 4 is 28.9 Å². The molecule has 6 nitrogen and oxygen atoms in total. The summed E-state index contributed by atoms with van der Waals surface area (Å²) in [6.45, 7) is 1.14. The summed E-state index contributed by atoms with van der Waals surface area (Å²) in [7, 11) is 0. The molecule has 2 aromatic carbocycles. The standard InChI is InChI=1S/C30H29N5O/c31-26(16-25-19-34-29-9-5-4-8-28(25)29)21-36-27-14-24(17-32-20-27)11-10-22-12-13-33-30(15-22)35-18-23-6-2-1-3-7-23/h1-15,17,19-20,26,34H,16,18,21,31H2,(H,33,35)/t26-/m0/s1. The summed E-state index contributed by atoms with van der Waals surface area (Å²) in [6.07, 6.45) is 12.2. The number of nitrogens with two attached hydrogens (primary N) is 1. The average molecular weight is 476 g/mol. The van der Waals surface area contributed by atoms with E-state index >= 15 is 0 Å². The molecule has 6 heteroatoms. The van der Waals surface area contributed by atoms with E-state index in [0.717, 1.165) is 35.4 Å². The lowest BCUT2D eigenvalue weighted by Crippen LogP contribution is -2.30. The first kappa shape index (κ1) is 23.3. The van der Waals surface area contributed by atoms with Crippen LogP contribution < -0.4 is 15.8 Å². The molecule has 0 saturated heterocycles. The summed E-state index contributed by atoms with van der Waals surface area (Å²) in [4.78, 5) is 12.0. The highest BCUT2D eigenvalue weighted by molar-refractivity contribution is 5.83. The minimum atomic E-state index is -0.123. The molecule has 5 rings (SSSR count). The van der Waals surface area contributed by atoms with Crippen molar-refractivity contribution in [3.05, 3.63) is 120 Å². The predicted octanol–water partition coefficient (Wildman–Crippen LogP) is 5.69. The van der Waals surface area contributed by atoms with Crippen molar-refractivity contribution in [2.24, 2.45) is 5.73 Å². The number of pyridine rings is 2. The van der Waals surface area contributed by atoms with E-state index in [9.17, 15) is 0 Å². The number of fused-ring (bicyclic) bond motifs is 1. The second-order valence-corrected chi connectivity index (χ2v) is 8.74. The molecular formula is C30H29N5O. The minimum absolute atomic E-state index is 0.123. The number of nitrogens with zero attached hydrogens (tertiary/aromatic N) is 2. The van der Waals surface area contributed by atoms with Gasteiger partial charge in [0.05, 0.1) is 6.20 Å². The number of aromatic amines is 1. The second-order valence-electron chi connectivity index (χ2n) is 8.74. The molecule has 4 N–H and O–H groups in total. The van der Waals surface area contributed by atoms with Gasteiger partial charge in [0, 0.05) is 42.1 Å². The first-order chi connectivity index (χ1) is 17.7. The molecule has 0 aliphatic rings. The average Bonchev–Trinajstić information content (AvgIpc) is 3.33. The van der Waals surface area contributed by atoms with Crippen LogP contribution in [0.3, 0.4) is 0 Å². The third-order valence-electron chi connectivity index (χ3n) is 5.92. The van der Waals surface area contributed by atoms with Gasteiger partial charge < -0.3 is 20.8 Å². The molecule has 0 unspecified atom stereocenters. The molecule has 3 aromatic heterocycles. The van der Waals surface area contributed by atoms with Gasteiger partial charge in [-0.1, -0.05) is 60.7 Å². The largest absolute Gasteiger partial charge is 0.490 e. The number of H-pyrrole nitrogens is 1. The summed E-state index contributed by atoms with van der Waals surface area (Å²) in [6, 6.07) is 24.4. The Bertz CT molecular complexity index is 1440. The molecule has 0 saturated carbocycles. The lowest BCUT2D eigenvalue weighted by Gasteiger charge is -2.13. The lowest BCUT2D eigenvalue weighted by atomic mass is 10.1. The summed E-state index contributed by atoms with van der Waals surface area (Å²) < 4.78 is 5.96. The summed E-state index contributed by atoms with van der Waals surface area (Å²) in [5.41, 5.74) is 11.9. The van der Waals surface area contributed by atoms with Crippen LogP contribution in [0.25, 0.3) is 23.1 Å². The highest BCUT2D eigenvalue weighted by atomic mass is 16.5. The number of hydrogen-bond acceptors (Lipinski definition) is 5. The zero-order valence-corrected chi connectivity index (χ0v) is 20.0. The number of nitrogens with one attached hydrogen (secondary N) is 2. The van der Waals surface area contributed by atoms with Crippen LogP contribution in [0.4, 0.5) is 5.82 Å². The minimum Gasteiger partial charge on any atom is -0.490 e. The maximum atomic E-state index is 6.37. The Morgan fingerprint density at radius 2 is 1.78 bits per heavy atom. The Morgan fingerprint density at radius 3 is 2.69 bits per heavy atom. The maximum Gasteiger partial charge on any atom is 0.138 e. The predicted molar refractivity (Wildman–Crippen MR) is 147 cm³/mol. The summed E-state index contributed by atoms with van der Waals surface area (Å²) in [5.74, 6) is 1.53. The van der Waals surface area contributed by atoms with Gasteiger partial charge in [0.15, 0.2) is 0 Å². The highest BCUT2D eigenvalue weighted by Crippen LogP contribution is 2.20. The van der Waals surface area contributed by atoms with Gasteiger partial charge in [0.2, 0.25) is 0 Å². The Kier molecular flexibility index (Phi) is 7.35. The van der Waals surface area contributed by atoms with E-state index in [4.69, 9.17) is 10.5 Å². The highest BCUT2D eigenvalue weighted by Gasteiger charge is 2.10. The number of rotatable bonds is 10. The molecule has 0 fully saturated rings. The second kappa shape index (κ2) is 11.3. The zero-order valence-electron chi connectivity index (χ0n) is 20.0. The fraction of sp³-hybridized carbons (Fsp3) is 0.133. The maximum absolute atomic E-state index is 6.37. The number of aromatic nitrogens is 3. The van der Waals surface area contributed by atoms with Gasteiger partial charge in [-0.2, -0.15) is 0 Å². The number of benzene rings is 2. The molecule has 0 bridgehead atoms. The van der Waals surface area contributed by atoms with Crippen LogP contribution in [0.15, 0.2) is 97.6 Å². The third-order valence-corrected chi connectivity index (χ3v) is 5.92. The van der Waals surface area contributed by atoms with Crippen molar-refractivity contribution in [2.45, 2.75) is 19.0 Å². The molecule has 36 heavy (non-hydrogen) atoms. The van der Waals surface area contributed by atoms with Crippen LogP contribution in [0.1, 0.15) is 22.3 Å². The smallest absolute Gasteiger partial charge is 0.138 e. The van der Waals surface area contributed by atoms with Crippen molar-refractivity contribution < 1.29 is 4.74 Å². The van der Waals surface area contributed by atoms with Crippen molar-refractivity contribution in [3.63, 3.8) is 0 Å². The van der Waals surface area contributed by atoms with Gasteiger partial charge in [0.25, 0.3) is 0 Å². The van der Waals surface area contributed by atoms with E-state index in [0.29, 0.717) is 12.4 Å². The van der Waals surface area contributed by atoms with Crippen molar-refractivity contribution in [1.82, 2.24) is 15.0 Å². The molecule has 1 atom stereocenters. The fourth-order valence-corrected chi connectivity index (χ4v) is 4.08. The van der Waals surface area contributed by atoms with Crippen LogP contribution in [-0.2, 0) is 13.0 Å². The Labute approximate surface area is 210 Å². The number of hydrogen-bond donors (Lipinski definition) is 3. The molecule has 0 radical (unpaired) electrons. The van der Waals surface area contributed by atoms with Gasteiger partial charge in [-0.25, -0.2) is 4.98 Å². The Hall–Kier alpha value is -4.42. The lowest BCUT2D eigenvalue weighted by molar-refractivity contribution is 0.287. The number of anilines is 1. The molecule has 0 spiro atoms. The van der Waals surface area contributed by atoms with E-state index in [1.807, 2.05) is 73.1 Å². The van der Waals surface area contributed by atoms with Gasteiger partial charge in [-0.15, -0.1) is 0 Å². The Morgan fingerprint density at radius 1 is 0.944 bits per heavy atom. The fourth-order valence-electron chi connectivity index (χ4n) is 4.08. The van der Waals surface area contributed by atoms with Gasteiger partial charge in [-0.05, 0) is 52.9 Å². The molecule has 3 heterocycles. The van der Waals surface area contributed by atoms with E-state index in [-0.39, 0.29) is 6.04 Å². The normalized spacial score (nSPS) is 12.1. The molecule has 180 valence electrons. The van der Waals surface area contributed by atoms with Gasteiger partial charge in [-0.3, -0.25) is 4.98 Å². The zero-order chi connectivity index (χ0) is 24.6. The quantitative estimate of drug-likeness (QED) is 0.241. The number of ether oxygens (including phenoxy) is 1. The SMILES string of the molecule is N[C@H](COc1cncc(C=Cc2ccnc(NCc3ccccc3)c2)c1)Cc1c[nH]c2ccccc12. The van der Waals surface area contributed by atoms with E-state index in [1.165, 1.54) is 16.5 Å². The summed E-state index contributed by atoms with van der Waals surface area (Å²) in [5, 5.41) is 4.57. The van der Waals surface area contributed by atoms with E-state index < -0.39 is 0 Å². The topological polar surface area (TPSA) is 88.8 Å². The molecule has 0 amide bonds. The first-order valence-electron chi connectivity index (χ1n) is 12.0. The van der Waals surface area contributed by atoms with Crippen LogP contribution >= 0.6 is 0 Å². The van der Waals surface area contributed by atoms with Crippen molar-refractivity contribution in [3.8, 4) is 5.75 Å². The van der Waals surface area contributed by atoms with Crippen molar-refractivity contribution in [1.29, 1.82) is 0 Å².